The average Bonchev–Trinajstić information content (AvgIpc) is 2.18. The highest BCUT2D eigenvalue weighted by Gasteiger charge is 2.31. The highest BCUT2D eigenvalue weighted by atomic mass is 15.0. The number of nitrogens with zero attached hydrogens (tertiary/aromatic N) is 1. The maximum absolute atomic E-state index is 4.27. The molecule has 2 heteroatoms. The van der Waals surface area contributed by atoms with Gasteiger partial charge in [-0.2, -0.15) is 0 Å². The Hall–Kier alpha value is -1.31. The molecule has 1 aliphatic rings. The first-order chi connectivity index (χ1) is 6.70. The van der Waals surface area contributed by atoms with Crippen LogP contribution in [0.2, 0.25) is 0 Å². The summed E-state index contributed by atoms with van der Waals surface area (Å²) in [6.45, 7) is 5.38. The van der Waals surface area contributed by atoms with E-state index in [0.717, 1.165) is 6.54 Å². The molecule has 0 bridgehead atoms. The van der Waals surface area contributed by atoms with Crippen molar-refractivity contribution in [2.75, 3.05) is 6.54 Å². The van der Waals surface area contributed by atoms with Gasteiger partial charge in [0.15, 0.2) is 0 Å². The maximum Gasteiger partial charge on any atom is 0.0829 e. The van der Waals surface area contributed by atoms with E-state index in [2.05, 4.69) is 48.4 Å². The van der Waals surface area contributed by atoms with E-state index in [4.69, 9.17) is 0 Å². The Morgan fingerprint density at radius 1 is 1.29 bits per heavy atom. The summed E-state index contributed by atoms with van der Waals surface area (Å²) in [5.41, 5.74) is 1.53. The third-order valence-corrected chi connectivity index (χ3v) is 2.75. The molecule has 0 saturated heterocycles. The minimum atomic E-state index is 0.191. The van der Waals surface area contributed by atoms with Gasteiger partial charge in [-0.1, -0.05) is 44.2 Å². The Balaban J connectivity index is 2.30. The van der Waals surface area contributed by atoms with E-state index in [1.165, 1.54) is 5.56 Å². The summed E-state index contributed by atoms with van der Waals surface area (Å²) in [5.74, 6) is 0. The monoisotopic (exact) mass is 188 g/mol. The van der Waals surface area contributed by atoms with Crippen LogP contribution in [0.3, 0.4) is 0 Å². The van der Waals surface area contributed by atoms with Gasteiger partial charge < -0.3 is 5.32 Å². The van der Waals surface area contributed by atoms with Crippen LogP contribution in [0, 0.1) is 5.41 Å². The molecule has 0 unspecified atom stereocenters. The summed E-state index contributed by atoms with van der Waals surface area (Å²) in [4.78, 5) is 4.27. The summed E-state index contributed by atoms with van der Waals surface area (Å²) >= 11 is 0. The van der Waals surface area contributed by atoms with Crippen molar-refractivity contribution in [1.82, 2.24) is 5.32 Å². The fourth-order valence-corrected chi connectivity index (χ4v) is 1.92. The van der Waals surface area contributed by atoms with Crippen LogP contribution in [-0.4, -0.2) is 12.9 Å². The topological polar surface area (TPSA) is 24.4 Å². The van der Waals surface area contributed by atoms with E-state index in [1.807, 2.05) is 12.4 Å². The van der Waals surface area contributed by atoms with Gasteiger partial charge in [0.25, 0.3) is 0 Å². The molecule has 0 amide bonds. The van der Waals surface area contributed by atoms with E-state index < -0.39 is 0 Å². The molecule has 0 spiro atoms. The maximum atomic E-state index is 4.27. The molecule has 2 rings (SSSR count). The fraction of sp³-hybridized carbons (Fsp3) is 0.417. The summed E-state index contributed by atoms with van der Waals surface area (Å²) in [6, 6.07) is 10.9. The minimum Gasteiger partial charge on any atom is -0.369 e. The normalized spacial score (nSPS) is 24.3. The highest BCUT2D eigenvalue weighted by molar-refractivity contribution is 5.57. The molecule has 1 heterocycles. The van der Waals surface area contributed by atoms with E-state index in [9.17, 15) is 0 Å². The van der Waals surface area contributed by atoms with Crippen LogP contribution in [0.5, 0.6) is 0 Å². The van der Waals surface area contributed by atoms with Crippen LogP contribution in [0.25, 0.3) is 0 Å². The Kier molecular flexibility index (Phi) is 2.28. The first kappa shape index (κ1) is 9.25. The van der Waals surface area contributed by atoms with Crippen molar-refractivity contribution in [3.05, 3.63) is 35.9 Å². The summed E-state index contributed by atoms with van der Waals surface area (Å²) in [6.07, 6.45) is 1.82. The molecule has 1 N–H and O–H groups in total. The standard InChI is InChI=1S/C12H16N2/c1-12(2)8-13-9-14-11(12)10-6-4-3-5-7-10/h3-7,9,11H,8H2,1-2H3,(H,13,14)/t11-/m0/s1. The molecule has 1 aromatic carbocycles. The molecule has 0 radical (unpaired) electrons. The van der Waals surface area contributed by atoms with Crippen LogP contribution >= 0.6 is 0 Å². The van der Waals surface area contributed by atoms with Gasteiger partial charge in [0.05, 0.1) is 12.4 Å². The zero-order chi connectivity index (χ0) is 10.0. The molecular formula is C12H16N2. The molecule has 74 valence electrons. The number of aliphatic imine (C=N–C) groups is 1. The number of hydrogen-bond donors (Lipinski definition) is 1. The Morgan fingerprint density at radius 3 is 2.64 bits per heavy atom. The van der Waals surface area contributed by atoms with Crippen molar-refractivity contribution in [2.45, 2.75) is 19.9 Å². The van der Waals surface area contributed by atoms with Crippen molar-refractivity contribution in [2.24, 2.45) is 10.4 Å². The third kappa shape index (κ3) is 1.65. The largest absolute Gasteiger partial charge is 0.369 e. The van der Waals surface area contributed by atoms with Gasteiger partial charge in [-0.25, -0.2) is 0 Å². The second-order valence-electron chi connectivity index (χ2n) is 4.47. The predicted molar refractivity (Wildman–Crippen MR) is 59.5 cm³/mol. The molecule has 0 fully saturated rings. The minimum absolute atomic E-state index is 0.191. The van der Waals surface area contributed by atoms with Gasteiger partial charge in [-0.3, -0.25) is 4.99 Å². The number of rotatable bonds is 1. The zero-order valence-electron chi connectivity index (χ0n) is 8.70. The van der Waals surface area contributed by atoms with Crippen LogP contribution in [0.1, 0.15) is 25.5 Å². The summed E-state index contributed by atoms with van der Waals surface area (Å²) in [5, 5.41) is 3.33. The average molecular weight is 188 g/mol. The van der Waals surface area contributed by atoms with Crippen molar-refractivity contribution < 1.29 is 0 Å². The van der Waals surface area contributed by atoms with Gasteiger partial charge in [0.2, 0.25) is 0 Å². The van der Waals surface area contributed by atoms with Crippen molar-refractivity contribution >= 4 is 6.34 Å². The van der Waals surface area contributed by atoms with Crippen molar-refractivity contribution in [3.63, 3.8) is 0 Å². The molecule has 1 aromatic rings. The SMILES string of the molecule is CC1(C)CN=CN[C@H]1c1ccccc1. The lowest BCUT2D eigenvalue weighted by molar-refractivity contribution is 0.269. The first-order valence-electron chi connectivity index (χ1n) is 4.99. The highest BCUT2D eigenvalue weighted by Crippen LogP contribution is 2.34. The van der Waals surface area contributed by atoms with Crippen molar-refractivity contribution in [3.8, 4) is 0 Å². The quantitative estimate of drug-likeness (QED) is 0.719. The smallest absolute Gasteiger partial charge is 0.0829 e. The van der Waals surface area contributed by atoms with Crippen LogP contribution in [0.4, 0.5) is 0 Å². The van der Waals surface area contributed by atoms with Gasteiger partial charge in [0, 0.05) is 12.0 Å². The lowest BCUT2D eigenvalue weighted by Gasteiger charge is -2.36. The fourth-order valence-electron chi connectivity index (χ4n) is 1.92. The Bertz CT molecular complexity index is 327. The molecule has 0 saturated carbocycles. The number of nitrogens with one attached hydrogen (secondary N) is 1. The third-order valence-electron chi connectivity index (χ3n) is 2.75. The zero-order valence-corrected chi connectivity index (χ0v) is 8.70. The van der Waals surface area contributed by atoms with E-state index in [0.29, 0.717) is 6.04 Å². The lowest BCUT2D eigenvalue weighted by Crippen LogP contribution is -2.39. The lowest BCUT2D eigenvalue weighted by atomic mass is 9.80. The predicted octanol–water partition coefficient (Wildman–Crippen LogP) is 2.39. The summed E-state index contributed by atoms with van der Waals surface area (Å²) < 4.78 is 0. The van der Waals surface area contributed by atoms with E-state index in [-0.39, 0.29) is 5.41 Å². The second-order valence-corrected chi connectivity index (χ2v) is 4.47. The van der Waals surface area contributed by atoms with Gasteiger partial charge in [0.1, 0.15) is 0 Å². The molecule has 0 aliphatic carbocycles. The van der Waals surface area contributed by atoms with Gasteiger partial charge >= 0.3 is 0 Å². The molecule has 1 atom stereocenters. The first-order valence-corrected chi connectivity index (χ1v) is 4.99. The molecule has 0 aromatic heterocycles. The Morgan fingerprint density at radius 2 is 2.00 bits per heavy atom. The van der Waals surface area contributed by atoms with E-state index >= 15 is 0 Å². The number of hydrogen-bond acceptors (Lipinski definition) is 2. The second kappa shape index (κ2) is 3.45. The van der Waals surface area contributed by atoms with Gasteiger partial charge in [-0.05, 0) is 5.56 Å². The Labute approximate surface area is 85.1 Å². The summed E-state index contributed by atoms with van der Waals surface area (Å²) in [7, 11) is 0. The van der Waals surface area contributed by atoms with Gasteiger partial charge in [-0.15, -0.1) is 0 Å². The molecule has 2 nitrogen and oxygen atoms in total. The number of benzene rings is 1. The van der Waals surface area contributed by atoms with Crippen LogP contribution in [0.15, 0.2) is 35.3 Å². The van der Waals surface area contributed by atoms with E-state index in [1.54, 1.807) is 0 Å². The molecular weight excluding hydrogens is 172 g/mol. The molecule has 14 heavy (non-hydrogen) atoms. The molecule has 1 aliphatic heterocycles. The van der Waals surface area contributed by atoms with Crippen LogP contribution in [-0.2, 0) is 0 Å². The van der Waals surface area contributed by atoms with Crippen molar-refractivity contribution in [1.29, 1.82) is 0 Å². The van der Waals surface area contributed by atoms with Crippen LogP contribution < -0.4 is 5.32 Å².